The van der Waals surface area contributed by atoms with Gasteiger partial charge in [0.2, 0.25) is 0 Å². The number of hydrogen-bond donors (Lipinski definition) is 0. The van der Waals surface area contributed by atoms with Crippen LogP contribution in [0, 0.1) is 18.3 Å². The molecule has 6 aromatic rings. The lowest BCUT2D eigenvalue weighted by atomic mass is 9.81. The van der Waals surface area contributed by atoms with E-state index in [9.17, 15) is 0 Å². The number of aryl methyl sites for hydroxylation is 1. The molecule has 5 unspecified atom stereocenters. The van der Waals surface area contributed by atoms with E-state index in [4.69, 9.17) is 19.9 Å². The summed E-state index contributed by atoms with van der Waals surface area (Å²) < 4.78 is 0. The molecule has 5 atom stereocenters. The van der Waals surface area contributed by atoms with Crippen LogP contribution >= 0.6 is 0 Å². The van der Waals surface area contributed by atoms with Gasteiger partial charge in [0.1, 0.15) is 12.3 Å². The van der Waals surface area contributed by atoms with Gasteiger partial charge in [-0.2, -0.15) is 0 Å². The number of fused-ring (bicyclic) bond motifs is 9. The van der Waals surface area contributed by atoms with Crippen molar-refractivity contribution < 1.29 is 0 Å². The number of para-hydroxylation sites is 4. The topological polar surface area (TPSA) is 64.5 Å². The Morgan fingerprint density at radius 1 is 0.537 bits per heavy atom. The van der Waals surface area contributed by atoms with E-state index < -0.39 is 0 Å². The lowest BCUT2D eigenvalue weighted by Gasteiger charge is -2.44. The third-order valence-corrected chi connectivity index (χ3v) is 12.9. The van der Waals surface area contributed by atoms with E-state index in [1.54, 1.807) is 0 Å². The molecule has 0 amide bonds. The minimum Gasteiger partial charge on any atom is -0.302 e. The van der Waals surface area contributed by atoms with E-state index in [1.165, 1.54) is 16.8 Å². The van der Waals surface area contributed by atoms with Crippen LogP contribution in [0.15, 0.2) is 122 Å². The molecule has 8 nitrogen and oxygen atoms in total. The number of anilines is 8. The van der Waals surface area contributed by atoms with Crippen LogP contribution in [0.25, 0.3) is 0 Å². The molecule has 270 valence electrons. The lowest BCUT2D eigenvalue weighted by molar-refractivity contribution is 0.350. The number of nitrogens with zero attached hydrogens (tertiary/aromatic N) is 8. The highest BCUT2D eigenvalue weighted by atomic mass is 15.5. The summed E-state index contributed by atoms with van der Waals surface area (Å²) in [5.74, 6) is 4.20. The standard InChI is InChI=1S/C46H46N8/c1-28(2)34-27-48-40-41(49-34)52(32-21-12-9-13-22-32)44-46(7)38(45(46,6)33-23-15-17-25-37(33)54(40)44)43-51(31-19-10-8-11-20-31)39-42(50-35(26-47-39)29(3)4)53(43)36-24-16-14-18-30(36)5/h8-29,38,43-44H,1-7H3. The fourth-order valence-corrected chi connectivity index (χ4v) is 10.1. The van der Waals surface area contributed by atoms with Crippen molar-refractivity contribution in [1.82, 2.24) is 19.9 Å². The second kappa shape index (κ2) is 11.6. The molecule has 0 saturated heterocycles. The molecular weight excluding hydrogens is 665 g/mol. The summed E-state index contributed by atoms with van der Waals surface area (Å²) >= 11 is 0. The smallest absolute Gasteiger partial charge is 0.178 e. The zero-order chi connectivity index (χ0) is 37.1. The van der Waals surface area contributed by atoms with Crippen molar-refractivity contribution in [2.75, 3.05) is 19.6 Å². The highest BCUT2D eigenvalue weighted by molar-refractivity contribution is 5.90. The molecule has 1 fully saturated rings. The zero-order valence-electron chi connectivity index (χ0n) is 32.0. The quantitative estimate of drug-likeness (QED) is 0.169. The Morgan fingerprint density at radius 3 is 1.63 bits per heavy atom. The van der Waals surface area contributed by atoms with Gasteiger partial charge in [0.05, 0.1) is 23.8 Å². The molecule has 1 aliphatic carbocycles. The maximum atomic E-state index is 5.46. The fourth-order valence-electron chi connectivity index (χ4n) is 10.1. The third-order valence-electron chi connectivity index (χ3n) is 12.9. The van der Waals surface area contributed by atoms with Gasteiger partial charge in [-0.05, 0) is 66.3 Å². The summed E-state index contributed by atoms with van der Waals surface area (Å²) in [5.41, 5.74) is 8.52. The number of benzene rings is 4. The largest absolute Gasteiger partial charge is 0.302 e. The predicted octanol–water partition coefficient (Wildman–Crippen LogP) is 10.7. The first kappa shape index (κ1) is 32.9. The molecule has 0 bridgehead atoms. The Kier molecular flexibility index (Phi) is 7.07. The van der Waals surface area contributed by atoms with E-state index in [-0.39, 0.29) is 40.9 Å². The van der Waals surface area contributed by atoms with Gasteiger partial charge in [0.25, 0.3) is 0 Å². The van der Waals surface area contributed by atoms with Crippen LogP contribution in [0.3, 0.4) is 0 Å². The Balaban J connectivity index is 1.26. The van der Waals surface area contributed by atoms with Crippen LogP contribution in [-0.2, 0) is 5.41 Å². The monoisotopic (exact) mass is 710 g/mol. The average Bonchev–Trinajstić information content (AvgIpc) is 3.41. The predicted molar refractivity (Wildman–Crippen MR) is 218 cm³/mol. The Bertz CT molecular complexity index is 2410. The van der Waals surface area contributed by atoms with Crippen molar-refractivity contribution in [3.8, 4) is 0 Å². The molecule has 8 heteroatoms. The van der Waals surface area contributed by atoms with Crippen LogP contribution in [-0.4, -0.2) is 32.3 Å². The third kappa shape index (κ3) is 4.25. The summed E-state index contributed by atoms with van der Waals surface area (Å²) in [6.07, 6.45) is 3.70. The molecule has 0 radical (unpaired) electrons. The van der Waals surface area contributed by atoms with Crippen molar-refractivity contribution in [2.24, 2.45) is 11.3 Å². The first-order valence-corrected chi connectivity index (χ1v) is 19.3. The maximum Gasteiger partial charge on any atom is 0.178 e. The second-order valence-electron chi connectivity index (χ2n) is 16.4. The number of rotatable bonds is 6. The van der Waals surface area contributed by atoms with Crippen LogP contribution in [0.1, 0.15) is 75.9 Å². The van der Waals surface area contributed by atoms with Gasteiger partial charge in [-0.25, -0.2) is 19.9 Å². The highest BCUT2D eigenvalue weighted by Crippen LogP contribution is 2.80. The Morgan fingerprint density at radius 2 is 1.04 bits per heavy atom. The van der Waals surface area contributed by atoms with Crippen molar-refractivity contribution >= 4 is 46.0 Å². The molecule has 2 aromatic heterocycles. The molecule has 4 aromatic carbocycles. The molecule has 3 aliphatic heterocycles. The van der Waals surface area contributed by atoms with Gasteiger partial charge >= 0.3 is 0 Å². The van der Waals surface area contributed by atoms with Crippen molar-refractivity contribution in [3.63, 3.8) is 0 Å². The molecule has 1 saturated carbocycles. The minimum atomic E-state index is -0.306. The van der Waals surface area contributed by atoms with Gasteiger partial charge in [-0.15, -0.1) is 0 Å². The molecule has 0 N–H and O–H groups in total. The number of hydrogen-bond acceptors (Lipinski definition) is 8. The van der Waals surface area contributed by atoms with Crippen molar-refractivity contribution in [1.29, 1.82) is 0 Å². The van der Waals surface area contributed by atoms with Gasteiger partial charge in [0.15, 0.2) is 23.3 Å². The molecule has 0 spiro atoms. The first-order chi connectivity index (χ1) is 26.2. The van der Waals surface area contributed by atoms with Gasteiger partial charge in [-0.1, -0.05) is 114 Å². The summed E-state index contributed by atoms with van der Waals surface area (Å²) in [5, 5.41) is 0. The van der Waals surface area contributed by atoms with Crippen LogP contribution in [0.5, 0.6) is 0 Å². The van der Waals surface area contributed by atoms with E-state index in [0.717, 1.165) is 51.7 Å². The summed E-state index contributed by atoms with van der Waals surface area (Å²) in [6.45, 7) is 16.0. The first-order valence-electron chi connectivity index (χ1n) is 19.3. The summed E-state index contributed by atoms with van der Waals surface area (Å²) in [6, 6.07) is 39.4. The van der Waals surface area contributed by atoms with E-state index >= 15 is 0 Å². The van der Waals surface area contributed by atoms with Crippen molar-refractivity contribution in [3.05, 3.63) is 144 Å². The zero-order valence-corrected chi connectivity index (χ0v) is 32.0. The molecule has 10 rings (SSSR count). The molecule has 4 aliphatic rings. The second-order valence-corrected chi connectivity index (χ2v) is 16.4. The van der Waals surface area contributed by atoms with Gasteiger partial charge < -0.3 is 19.6 Å². The summed E-state index contributed by atoms with van der Waals surface area (Å²) in [4.78, 5) is 31.4. The maximum absolute atomic E-state index is 5.46. The average molecular weight is 711 g/mol. The lowest BCUT2D eigenvalue weighted by Crippen LogP contribution is -2.51. The summed E-state index contributed by atoms with van der Waals surface area (Å²) in [7, 11) is 0. The number of aromatic nitrogens is 4. The van der Waals surface area contributed by atoms with E-state index in [2.05, 4.69) is 177 Å². The SMILES string of the molecule is Cc1ccccc1N1c2nc(C(C)C)cnc2N(c2ccccc2)C1C1C2(C)c3ccccc3N3c4ncc(C(C)C)nc4N(c4ccccc4)C3C12C. The molecule has 5 heterocycles. The fraction of sp³-hybridized carbons (Fsp3) is 0.304. The minimum absolute atomic E-state index is 0.101. The van der Waals surface area contributed by atoms with E-state index in [0.29, 0.717) is 0 Å². The molecule has 54 heavy (non-hydrogen) atoms. The Labute approximate surface area is 318 Å². The Hall–Kier alpha value is -5.76. The normalized spacial score (nSPS) is 24.7. The van der Waals surface area contributed by atoms with Crippen LogP contribution < -0.4 is 19.6 Å². The van der Waals surface area contributed by atoms with Gasteiger partial charge in [-0.3, -0.25) is 0 Å². The van der Waals surface area contributed by atoms with Crippen LogP contribution in [0.4, 0.5) is 46.0 Å². The van der Waals surface area contributed by atoms with E-state index in [1.807, 2.05) is 12.4 Å². The highest BCUT2D eigenvalue weighted by Gasteiger charge is 2.83. The molecular formula is C46H46N8. The van der Waals surface area contributed by atoms with Crippen LogP contribution in [0.2, 0.25) is 0 Å². The van der Waals surface area contributed by atoms with Gasteiger partial charge in [0, 0.05) is 39.5 Å². The van der Waals surface area contributed by atoms with Crippen molar-refractivity contribution in [2.45, 2.75) is 78.0 Å².